The summed E-state index contributed by atoms with van der Waals surface area (Å²) >= 11 is 9.95. The lowest BCUT2D eigenvalue weighted by Gasteiger charge is -2.13. The highest BCUT2D eigenvalue weighted by molar-refractivity contribution is 9.10. The third-order valence-electron chi connectivity index (χ3n) is 3.57. The van der Waals surface area contributed by atoms with Crippen molar-refractivity contribution >= 4 is 62.2 Å². The van der Waals surface area contributed by atoms with Gasteiger partial charge in [0.1, 0.15) is 4.32 Å². The highest BCUT2D eigenvalue weighted by Gasteiger charge is 2.32. The third kappa shape index (κ3) is 6.24. The van der Waals surface area contributed by atoms with E-state index in [-0.39, 0.29) is 24.8 Å². The van der Waals surface area contributed by atoms with E-state index in [1.54, 1.807) is 0 Å². The first-order valence-corrected chi connectivity index (χ1v) is 10.2. The fourth-order valence-corrected chi connectivity index (χ4v) is 3.98. The molecule has 1 saturated heterocycles. The van der Waals surface area contributed by atoms with Gasteiger partial charge in [-0.3, -0.25) is 14.5 Å². The molecule has 1 aromatic carbocycles. The molecule has 0 unspecified atom stereocenters. The standard InChI is InChI=1S/C18H20BrNO3S2/c1-2-3-4-10-23-16(21)8-9-20-17(22)15(25-18(20)24)12-13-6-5-7-14(19)11-13/h5-7,11-12H,2-4,8-10H2,1H3/b15-12-. The van der Waals surface area contributed by atoms with Crippen molar-refractivity contribution in [2.45, 2.75) is 32.6 Å². The molecule has 0 aliphatic carbocycles. The smallest absolute Gasteiger partial charge is 0.307 e. The second-order valence-electron chi connectivity index (χ2n) is 5.57. The summed E-state index contributed by atoms with van der Waals surface area (Å²) in [5.41, 5.74) is 0.921. The molecular weight excluding hydrogens is 422 g/mol. The van der Waals surface area contributed by atoms with Crippen molar-refractivity contribution in [2.75, 3.05) is 13.2 Å². The van der Waals surface area contributed by atoms with Crippen molar-refractivity contribution < 1.29 is 14.3 Å². The Morgan fingerprint density at radius 3 is 2.92 bits per heavy atom. The van der Waals surface area contributed by atoms with Crippen LogP contribution in [0.4, 0.5) is 0 Å². The highest BCUT2D eigenvalue weighted by Crippen LogP contribution is 2.32. The largest absolute Gasteiger partial charge is 0.466 e. The van der Waals surface area contributed by atoms with Crippen LogP contribution in [0.15, 0.2) is 33.6 Å². The van der Waals surface area contributed by atoms with Crippen molar-refractivity contribution in [3.8, 4) is 0 Å². The number of amides is 1. The number of rotatable bonds is 8. The van der Waals surface area contributed by atoms with Gasteiger partial charge in [0.05, 0.1) is 17.9 Å². The van der Waals surface area contributed by atoms with Gasteiger partial charge >= 0.3 is 5.97 Å². The molecule has 1 aliphatic heterocycles. The molecule has 1 amide bonds. The lowest BCUT2D eigenvalue weighted by atomic mass is 10.2. The van der Waals surface area contributed by atoms with E-state index in [9.17, 15) is 9.59 Å². The Balaban J connectivity index is 1.89. The summed E-state index contributed by atoms with van der Waals surface area (Å²) in [6, 6.07) is 7.69. The molecule has 0 atom stereocenters. The number of unbranched alkanes of at least 4 members (excludes halogenated alkanes) is 2. The Bertz CT molecular complexity index is 691. The quantitative estimate of drug-likeness (QED) is 0.251. The highest BCUT2D eigenvalue weighted by atomic mass is 79.9. The minimum Gasteiger partial charge on any atom is -0.466 e. The van der Waals surface area contributed by atoms with E-state index in [2.05, 4.69) is 22.9 Å². The van der Waals surface area contributed by atoms with Crippen molar-refractivity contribution in [3.05, 3.63) is 39.2 Å². The van der Waals surface area contributed by atoms with E-state index < -0.39 is 0 Å². The van der Waals surface area contributed by atoms with E-state index in [0.29, 0.717) is 15.8 Å². The fraction of sp³-hybridized carbons (Fsp3) is 0.389. The topological polar surface area (TPSA) is 46.6 Å². The molecule has 0 N–H and O–H groups in total. The molecule has 1 heterocycles. The van der Waals surface area contributed by atoms with Crippen LogP contribution in [0.5, 0.6) is 0 Å². The fourth-order valence-electron chi connectivity index (χ4n) is 2.25. The minimum absolute atomic E-state index is 0.155. The molecule has 0 radical (unpaired) electrons. The first-order valence-electron chi connectivity index (χ1n) is 8.18. The number of esters is 1. The molecule has 2 rings (SSSR count). The number of nitrogens with zero attached hydrogens (tertiary/aromatic N) is 1. The van der Waals surface area contributed by atoms with E-state index in [1.807, 2.05) is 30.3 Å². The zero-order valence-electron chi connectivity index (χ0n) is 14.0. The van der Waals surface area contributed by atoms with Crippen molar-refractivity contribution in [1.82, 2.24) is 4.90 Å². The molecule has 0 aromatic heterocycles. The van der Waals surface area contributed by atoms with Crippen molar-refractivity contribution in [2.24, 2.45) is 0 Å². The molecule has 1 aromatic rings. The second-order valence-corrected chi connectivity index (χ2v) is 8.16. The summed E-state index contributed by atoms with van der Waals surface area (Å²) in [4.78, 5) is 26.3. The van der Waals surface area contributed by atoms with Gasteiger partial charge in [0.2, 0.25) is 0 Å². The predicted molar refractivity (Wildman–Crippen MR) is 109 cm³/mol. The number of ether oxygens (including phenoxy) is 1. The Morgan fingerprint density at radius 2 is 2.20 bits per heavy atom. The normalized spacial score (nSPS) is 15.9. The zero-order valence-corrected chi connectivity index (χ0v) is 17.2. The number of thiocarbonyl (C=S) groups is 1. The number of hydrogen-bond acceptors (Lipinski definition) is 5. The van der Waals surface area contributed by atoms with Crippen molar-refractivity contribution in [1.29, 1.82) is 0 Å². The van der Waals surface area contributed by atoms with Crippen molar-refractivity contribution in [3.63, 3.8) is 0 Å². The Labute approximate surface area is 166 Å². The van der Waals surface area contributed by atoms with Crippen LogP contribution >= 0.6 is 39.9 Å². The predicted octanol–water partition coefficient (Wildman–Crippen LogP) is 4.77. The number of benzene rings is 1. The van der Waals surface area contributed by atoms with Gasteiger partial charge in [0.25, 0.3) is 5.91 Å². The lowest BCUT2D eigenvalue weighted by molar-refractivity contribution is -0.144. The van der Waals surface area contributed by atoms with E-state index in [1.165, 1.54) is 16.7 Å². The van der Waals surface area contributed by atoms with E-state index in [0.717, 1.165) is 29.3 Å². The average molecular weight is 442 g/mol. The maximum atomic E-state index is 12.5. The lowest BCUT2D eigenvalue weighted by Crippen LogP contribution is -2.30. The van der Waals surface area contributed by atoms with Crippen LogP contribution < -0.4 is 0 Å². The maximum Gasteiger partial charge on any atom is 0.307 e. The summed E-state index contributed by atoms with van der Waals surface area (Å²) in [5, 5.41) is 0. The number of halogens is 1. The van der Waals surface area contributed by atoms with Gasteiger partial charge in [-0.25, -0.2) is 0 Å². The van der Waals surface area contributed by atoms with Crippen LogP contribution in [0.3, 0.4) is 0 Å². The zero-order chi connectivity index (χ0) is 18.2. The molecule has 4 nitrogen and oxygen atoms in total. The summed E-state index contributed by atoms with van der Waals surface area (Å²) < 4.78 is 6.59. The summed E-state index contributed by atoms with van der Waals surface area (Å²) in [6.45, 7) is 2.79. The average Bonchev–Trinajstić information content (AvgIpc) is 2.83. The minimum atomic E-state index is -0.291. The SMILES string of the molecule is CCCCCOC(=O)CCN1C(=O)/C(=C/c2cccc(Br)c2)SC1=S. The monoisotopic (exact) mass is 441 g/mol. The van der Waals surface area contributed by atoms with Crippen LogP contribution in [-0.4, -0.2) is 34.2 Å². The molecule has 1 aliphatic rings. The number of hydrogen-bond donors (Lipinski definition) is 0. The van der Waals surface area contributed by atoms with Crippen LogP contribution in [0.2, 0.25) is 0 Å². The second kappa shape index (κ2) is 10.1. The molecule has 7 heteroatoms. The molecule has 0 bridgehead atoms. The Hall–Kier alpha value is -1.18. The Kier molecular flexibility index (Phi) is 8.12. The van der Waals surface area contributed by atoms with Gasteiger partial charge < -0.3 is 4.74 Å². The summed E-state index contributed by atoms with van der Waals surface area (Å²) in [6.07, 6.45) is 4.97. The molecular formula is C18H20BrNO3S2. The van der Waals surface area contributed by atoms with E-state index >= 15 is 0 Å². The first-order chi connectivity index (χ1) is 12.0. The van der Waals surface area contributed by atoms with Crippen LogP contribution in [-0.2, 0) is 14.3 Å². The van der Waals surface area contributed by atoms with Crippen LogP contribution in [0.1, 0.15) is 38.2 Å². The molecule has 25 heavy (non-hydrogen) atoms. The summed E-state index contributed by atoms with van der Waals surface area (Å²) in [7, 11) is 0. The Morgan fingerprint density at radius 1 is 1.40 bits per heavy atom. The van der Waals surface area contributed by atoms with Gasteiger partial charge in [-0.15, -0.1) is 0 Å². The van der Waals surface area contributed by atoms with Crippen LogP contribution in [0, 0.1) is 0 Å². The summed E-state index contributed by atoms with van der Waals surface area (Å²) in [5.74, 6) is -0.449. The van der Waals surface area contributed by atoms with E-state index in [4.69, 9.17) is 17.0 Å². The molecule has 0 spiro atoms. The van der Waals surface area contributed by atoms with Gasteiger partial charge in [-0.05, 0) is 30.2 Å². The maximum absolute atomic E-state index is 12.5. The van der Waals surface area contributed by atoms with Gasteiger partial charge in [-0.1, -0.05) is 71.8 Å². The number of thioether (sulfide) groups is 1. The third-order valence-corrected chi connectivity index (χ3v) is 5.44. The molecule has 134 valence electrons. The molecule has 1 fully saturated rings. The van der Waals surface area contributed by atoms with Gasteiger partial charge in [-0.2, -0.15) is 0 Å². The first kappa shape index (κ1) is 20.1. The molecule has 0 saturated carbocycles. The number of carbonyl (C=O) groups excluding carboxylic acids is 2. The number of carbonyl (C=O) groups is 2. The van der Waals surface area contributed by atoms with Gasteiger partial charge in [0.15, 0.2) is 0 Å². The van der Waals surface area contributed by atoms with Gasteiger partial charge in [0, 0.05) is 11.0 Å². The van der Waals surface area contributed by atoms with Crippen LogP contribution in [0.25, 0.3) is 6.08 Å².